The van der Waals surface area contributed by atoms with E-state index in [9.17, 15) is 19.7 Å². The lowest BCUT2D eigenvalue weighted by Gasteiger charge is -2.13. The maximum atomic E-state index is 12.2. The van der Waals surface area contributed by atoms with Crippen LogP contribution in [-0.4, -0.2) is 34.7 Å². The van der Waals surface area contributed by atoms with Gasteiger partial charge in [0.15, 0.2) is 0 Å². The van der Waals surface area contributed by atoms with Gasteiger partial charge in [0.25, 0.3) is 11.8 Å². The Kier molecular flexibility index (Phi) is 5.20. The van der Waals surface area contributed by atoms with Crippen LogP contribution in [0.25, 0.3) is 0 Å². The standard InChI is InChI=1S/C17H17N3O4S/c21-16-13-5-1-2-6-14(13)17(22)19(16)8-4-3-7-18-10-12-9-15(20(23)24)25-11-12/h1-2,5-6,9,11,18H,3-4,7-8,10H2. The summed E-state index contributed by atoms with van der Waals surface area (Å²) in [6, 6.07) is 8.43. The molecule has 1 aromatic heterocycles. The first-order valence-corrected chi connectivity index (χ1v) is 8.83. The largest absolute Gasteiger partial charge is 0.324 e. The minimum Gasteiger partial charge on any atom is -0.313 e. The number of hydrogen-bond donors (Lipinski definition) is 1. The zero-order chi connectivity index (χ0) is 17.8. The highest BCUT2D eigenvalue weighted by molar-refractivity contribution is 7.13. The summed E-state index contributed by atoms with van der Waals surface area (Å²) >= 11 is 1.12. The molecule has 1 aliphatic heterocycles. The molecule has 1 N–H and O–H groups in total. The first kappa shape index (κ1) is 17.2. The number of benzene rings is 1. The number of fused-ring (bicyclic) bond motifs is 1. The van der Waals surface area contributed by atoms with Gasteiger partial charge in [0.2, 0.25) is 0 Å². The highest BCUT2D eigenvalue weighted by Crippen LogP contribution is 2.23. The Balaban J connectivity index is 1.38. The zero-order valence-corrected chi connectivity index (χ0v) is 14.3. The third kappa shape index (κ3) is 3.75. The number of nitro groups is 1. The number of unbranched alkanes of at least 4 members (excludes halogenated alkanes) is 1. The van der Waals surface area contributed by atoms with Gasteiger partial charge in [-0.3, -0.25) is 24.6 Å². The summed E-state index contributed by atoms with van der Waals surface area (Å²) in [6.07, 6.45) is 1.52. The van der Waals surface area contributed by atoms with Crippen LogP contribution in [0.5, 0.6) is 0 Å². The molecular weight excluding hydrogens is 342 g/mol. The number of hydrogen-bond acceptors (Lipinski definition) is 6. The van der Waals surface area contributed by atoms with Crippen LogP contribution in [-0.2, 0) is 6.54 Å². The third-order valence-corrected chi connectivity index (χ3v) is 4.94. The van der Waals surface area contributed by atoms with E-state index in [0.717, 1.165) is 23.3 Å². The summed E-state index contributed by atoms with van der Waals surface area (Å²) in [6.45, 7) is 1.68. The van der Waals surface area contributed by atoms with Crippen LogP contribution in [0.4, 0.5) is 5.00 Å². The predicted molar refractivity (Wildman–Crippen MR) is 93.7 cm³/mol. The number of carbonyl (C=O) groups excluding carboxylic acids is 2. The van der Waals surface area contributed by atoms with Crippen LogP contribution in [0, 0.1) is 10.1 Å². The van der Waals surface area contributed by atoms with Crippen molar-refractivity contribution in [3.63, 3.8) is 0 Å². The monoisotopic (exact) mass is 359 g/mol. The fraction of sp³-hybridized carbons (Fsp3) is 0.294. The Morgan fingerprint density at radius 1 is 1.12 bits per heavy atom. The zero-order valence-electron chi connectivity index (χ0n) is 13.4. The molecule has 0 aliphatic carbocycles. The average molecular weight is 359 g/mol. The second kappa shape index (κ2) is 7.54. The van der Waals surface area contributed by atoms with Gasteiger partial charge in [0.05, 0.1) is 16.1 Å². The van der Waals surface area contributed by atoms with Crippen molar-refractivity contribution in [2.24, 2.45) is 0 Å². The van der Waals surface area contributed by atoms with Gasteiger partial charge in [-0.2, -0.15) is 0 Å². The summed E-state index contributed by atoms with van der Waals surface area (Å²) in [5.41, 5.74) is 1.84. The molecular formula is C17H17N3O4S. The number of rotatable bonds is 8. The molecule has 3 rings (SSSR count). The van der Waals surface area contributed by atoms with Crippen LogP contribution in [0.15, 0.2) is 35.7 Å². The summed E-state index contributed by atoms with van der Waals surface area (Å²) in [5.74, 6) is -0.446. The molecule has 0 saturated heterocycles. The lowest BCUT2D eigenvalue weighted by Crippen LogP contribution is -2.31. The van der Waals surface area contributed by atoms with Gasteiger partial charge in [-0.05, 0) is 37.1 Å². The van der Waals surface area contributed by atoms with Crippen molar-refractivity contribution in [1.82, 2.24) is 10.2 Å². The molecule has 0 atom stereocenters. The van der Waals surface area contributed by atoms with E-state index < -0.39 is 4.92 Å². The molecule has 1 aliphatic rings. The van der Waals surface area contributed by atoms with Crippen molar-refractivity contribution in [1.29, 1.82) is 0 Å². The van der Waals surface area contributed by atoms with E-state index in [2.05, 4.69) is 5.32 Å². The maximum Gasteiger partial charge on any atom is 0.324 e. The Labute approximate surface area is 148 Å². The topological polar surface area (TPSA) is 92.6 Å². The molecule has 1 aromatic carbocycles. The summed E-state index contributed by atoms with van der Waals surface area (Å²) in [7, 11) is 0. The number of nitrogens with zero attached hydrogens (tertiary/aromatic N) is 2. The Morgan fingerprint density at radius 3 is 2.40 bits per heavy atom. The van der Waals surface area contributed by atoms with Gasteiger partial charge in [-0.1, -0.05) is 23.5 Å². The van der Waals surface area contributed by atoms with Gasteiger partial charge in [0.1, 0.15) is 0 Å². The normalized spacial score (nSPS) is 13.4. The molecule has 7 nitrogen and oxygen atoms in total. The van der Waals surface area contributed by atoms with Crippen LogP contribution in [0.3, 0.4) is 0 Å². The van der Waals surface area contributed by atoms with Gasteiger partial charge < -0.3 is 5.32 Å². The molecule has 2 heterocycles. The second-order valence-electron chi connectivity index (χ2n) is 5.74. The number of carbonyl (C=O) groups is 2. The first-order chi connectivity index (χ1) is 12.1. The van der Waals surface area contributed by atoms with Crippen molar-refractivity contribution in [3.8, 4) is 0 Å². The van der Waals surface area contributed by atoms with Crippen LogP contribution in [0.1, 0.15) is 39.1 Å². The number of imide groups is 1. The molecule has 8 heteroatoms. The molecule has 0 spiro atoms. The molecule has 0 bridgehead atoms. The quantitative estimate of drug-likeness (QED) is 0.339. The van der Waals surface area contributed by atoms with Gasteiger partial charge in [-0.15, -0.1) is 0 Å². The first-order valence-electron chi connectivity index (χ1n) is 7.95. The Hall–Kier alpha value is -2.58. The van der Waals surface area contributed by atoms with Gasteiger partial charge in [0, 0.05) is 24.5 Å². The smallest absolute Gasteiger partial charge is 0.313 e. The molecule has 0 fully saturated rings. The molecule has 0 saturated carbocycles. The summed E-state index contributed by atoms with van der Waals surface area (Å²) < 4.78 is 0. The Morgan fingerprint density at radius 2 is 1.80 bits per heavy atom. The molecule has 2 amide bonds. The van der Waals surface area contributed by atoms with Crippen molar-refractivity contribution in [2.45, 2.75) is 19.4 Å². The maximum absolute atomic E-state index is 12.2. The van der Waals surface area contributed by atoms with Gasteiger partial charge in [-0.25, -0.2) is 0 Å². The van der Waals surface area contributed by atoms with Crippen molar-refractivity contribution in [3.05, 3.63) is 62.5 Å². The van der Waals surface area contributed by atoms with E-state index in [1.54, 1.807) is 35.7 Å². The second-order valence-corrected chi connectivity index (χ2v) is 6.63. The number of thiophene rings is 1. The summed E-state index contributed by atoms with van der Waals surface area (Å²) in [5, 5.41) is 15.7. The fourth-order valence-electron chi connectivity index (χ4n) is 2.75. The van der Waals surface area contributed by atoms with Crippen molar-refractivity contribution >= 4 is 28.2 Å². The fourth-order valence-corrected chi connectivity index (χ4v) is 3.47. The van der Waals surface area contributed by atoms with Crippen LogP contribution < -0.4 is 5.32 Å². The van der Waals surface area contributed by atoms with Crippen LogP contribution in [0.2, 0.25) is 0 Å². The SMILES string of the molecule is O=C1c2ccccc2C(=O)N1CCCCNCc1csc([N+](=O)[O-])c1. The minimum atomic E-state index is -0.393. The molecule has 2 aromatic rings. The highest BCUT2D eigenvalue weighted by atomic mass is 32.1. The molecule has 130 valence electrons. The number of amides is 2. The summed E-state index contributed by atoms with van der Waals surface area (Å²) in [4.78, 5) is 35.9. The Bertz CT molecular complexity index is 783. The lowest BCUT2D eigenvalue weighted by molar-refractivity contribution is -0.380. The van der Waals surface area contributed by atoms with E-state index in [-0.39, 0.29) is 16.8 Å². The van der Waals surface area contributed by atoms with E-state index in [0.29, 0.717) is 37.2 Å². The molecule has 25 heavy (non-hydrogen) atoms. The van der Waals surface area contributed by atoms with Gasteiger partial charge >= 0.3 is 5.00 Å². The number of nitrogens with one attached hydrogen (secondary N) is 1. The average Bonchev–Trinajstić information content (AvgIpc) is 3.17. The van der Waals surface area contributed by atoms with E-state index in [1.165, 1.54) is 4.90 Å². The lowest BCUT2D eigenvalue weighted by atomic mass is 10.1. The minimum absolute atomic E-state index is 0.141. The van der Waals surface area contributed by atoms with Crippen molar-refractivity contribution < 1.29 is 14.5 Å². The van der Waals surface area contributed by atoms with E-state index in [1.807, 2.05) is 0 Å². The van der Waals surface area contributed by atoms with Crippen molar-refractivity contribution in [2.75, 3.05) is 13.1 Å². The van der Waals surface area contributed by atoms with Crippen LogP contribution >= 0.6 is 11.3 Å². The van der Waals surface area contributed by atoms with E-state index >= 15 is 0 Å². The highest BCUT2D eigenvalue weighted by Gasteiger charge is 2.34. The van der Waals surface area contributed by atoms with E-state index in [4.69, 9.17) is 0 Å². The molecule has 0 radical (unpaired) electrons. The predicted octanol–water partition coefficient (Wildman–Crippen LogP) is 2.82. The third-order valence-electron chi connectivity index (χ3n) is 4.01. The molecule has 0 unspecified atom stereocenters.